The van der Waals surface area contributed by atoms with Crippen molar-refractivity contribution in [1.82, 2.24) is 9.97 Å². The van der Waals surface area contributed by atoms with Gasteiger partial charge in [-0.2, -0.15) is 0 Å². The summed E-state index contributed by atoms with van der Waals surface area (Å²) < 4.78 is 22.5. The molecule has 1 aliphatic heterocycles. The fraction of sp³-hybridized carbons (Fsp3) is 0.556. The third kappa shape index (κ3) is 3.05. The molecule has 1 fully saturated rings. The predicted octanol–water partition coefficient (Wildman–Crippen LogP) is 0.977. The smallest absolute Gasteiger partial charge is 0.150 e. The molecule has 0 spiro atoms. The second-order valence-electron chi connectivity index (χ2n) is 3.88. The molecule has 7 heteroatoms. The van der Waals surface area contributed by atoms with Crippen LogP contribution < -0.4 is 5.32 Å². The summed E-state index contributed by atoms with van der Waals surface area (Å²) in [6, 6.07) is 0. The number of hydrogen-bond acceptors (Lipinski definition) is 5. The van der Waals surface area contributed by atoms with Gasteiger partial charge in [-0.05, 0) is 12.3 Å². The third-order valence-electron chi connectivity index (χ3n) is 2.50. The van der Waals surface area contributed by atoms with Crippen LogP contribution in [0.3, 0.4) is 0 Å². The molecule has 1 aliphatic rings. The Bertz CT molecular complexity index is 477. The maximum absolute atomic E-state index is 11.2. The van der Waals surface area contributed by atoms with Gasteiger partial charge in [-0.15, -0.1) is 0 Å². The van der Waals surface area contributed by atoms with Crippen LogP contribution in [0.1, 0.15) is 6.42 Å². The highest BCUT2D eigenvalue weighted by Crippen LogP contribution is 2.18. The standard InChI is InChI=1S/C9H12ClN3O2S/c10-8-4-11-5-9(13-8)12-3-7-1-2-16(14,15)6-7/h4-5,7H,1-3,6H2,(H,12,13). The molecule has 0 amide bonds. The van der Waals surface area contributed by atoms with Crippen molar-refractivity contribution in [3.63, 3.8) is 0 Å². The molecule has 88 valence electrons. The van der Waals surface area contributed by atoms with E-state index in [9.17, 15) is 8.42 Å². The molecule has 5 nitrogen and oxygen atoms in total. The van der Waals surface area contributed by atoms with E-state index >= 15 is 0 Å². The zero-order valence-electron chi connectivity index (χ0n) is 8.56. The molecular weight excluding hydrogens is 250 g/mol. The molecule has 2 heterocycles. The summed E-state index contributed by atoms with van der Waals surface area (Å²) in [4.78, 5) is 7.90. The van der Waals surface area contributed by atoms with Crippen LogP contribution >= 0.6 is 11.6 Å². The lowest BCUT2D eigenvalue weighted by molar-refractivity contribution is 0.595. The summed E-state index contributed by atoms with van der Waals surface area (Å²) in [5, 5.41) is 3.37. The van der Waals surface area contributed by atoms with Crippen LogP contribution in [0.4, 0.5) is 5.82 Å². The topological polar surface area (TPSA) is 72.0 Å². The van der Waals surface area contributed by atoms with Crippen LogP contribution in [0.5, 0.6) is 0 Å². The van der Waals surface area contributed by atoms with Crippen molar-refractivity contribution in [3.8, 4) is 0 Å². The lowest BCUT2D eigenvalue weighted by Crippen LogP contribution is -2.16. The molecule has 1 aromatic heterocycles. The maximum Gasteiger partial charge on any atom is 0.150 e. The largest absolute Gasteiger partial charge is 0.368 e. The van der Waals surface area contributed by atoms with Gasteiger partial charge in [0.1, 0.15) is 11.0 Å². The summed E-state index contributed by atoms with van der Waals surface area (Å²) in [5.74, 6) is 1.29. The number of hydrogen-bond donors (Lipinski definition) is 1. The lowest BCUT2D eigenvalue weighted by atomic mass is 10.1. The minimum absolute atomic E-state index is 0.158. The minimum atomic E-state index is -2.81. The minimum Gasteiger partial charge on any atom is -0.368 e. The monoisotopic (exact) mass is 261 g/mol. The molecule has 0 bridgehead atoms. The van der Waals surface area contributed by atoms with Crippen molar-refractivity contribution in [3.05, 3.63) is 17.5 Å². The molecule has 1 N–H and O–H groups in total. The number of anilines is 1. The summed E-state index contributed by atoms with van der Waals surface area (Å²) >= 11 is 5.68. The molecule has 0 aliphatic carbocycles. The molecular formula is C9H12ClN3O2S. The van der Waals surface area contributed by atoms with E-state index in [2.05, 4.69) is 15.3 Å². The first-order valence-corrected chi connectivity index (χ1v) is 7.17. The van der Waals surface area contributed by atoms with Crippen molar-refractivity contribution in [2.45, 2.75) is 6.42 Å². The number of sulfone groups is 1. The molecule has 2 rings (SSSR count). The maximum atomic E-state index is 11.2. The van der Waals surface area contributed by atoms with Crippen molar-refractivity contribution < 1.29 is 8.42 Å². The Kier molecular flexibility index (Phi) is 3.30. The van der Waals surface area contributed by atoms with Gasteiger partial charge in [-0.25, -0.2) is 13.4 Å². The first kappa shape index (κ1) is 11.6. The molecule has 1 atom stereocenters. The van der Waals surface area contributed by atoms with Crippen molar-refractivity contribution >= 4 is 27.3 Å². The van der Waals surface area contributed by atoms with Crippen LogP contribution in [-0.4, -0.2) is 36.4 Å². The molecule has 1 aromatic rings. The zero-order chi connectivity index (χ0) is 11.6. The first-order chi connectivity index (χ1) is 7.55. The Morgan fingerprint density at radius 1 is 1.50 bits per heavy atom. The number of nitrogens with one attached hydrogen (secondary N) is 1. The Morgan fingerprint density at radius 2 is 2.31 bits per heavy atom. The summed E-state index contributed by atoms with van der Waals surface area (Å²) in [6.07, 6.45) is 3.73. The highest BCUT2D eigenvalue weighted by molar-refractivity contribution is 7.91. The van der Waals surface area contributed by atoms with Crippen LogP contribution in [0.15, 0.2) is 12.4 Å². The highest BCUT2D eigenvalue weighted by Gasteiger charge is 2.27. The van der Waals surface area contributed by atoms with E-state index in [-0.39, 0.29) is 11.7 Å². The SMILES string of the molecule is O=S1(=O)CCC(CNc2cncc(Cl)n2)C1. The highest BCUT2D eigenvalue weighted by atomic mass is 35.5. The molecule has 0 radical (unpaired) electrons. The van der Waals surface area contributed by atoms with Gasteiger partial charge in [0.05, 0.1) is 23.9 Å². The average molecular weight is 262 g/mol. The van der Waals surface area contributed by atoms with Gasteiger partial charge in [0.2, 0.25) is 0 Å². The number of halogens is 1. The second kappa shape index (κ2) is 4.55. The summed E-state index contributed by atoms with van der Waals surface area (Å²) in [6.45, 7) is 0.592. The molecule has 1 saturated heterocycles. The molecule has 0 saturated carbocycles. The third-order valence-corrected chi connectivity index (χ3v) is 4.52. The van der Waals surface area contributed by atoms with Crippen molar-refractivity contribution in [2.75, 3.05) is 23.4 Å². The summed E-state index contributed by atoms with van der Waals surface area (Å²) in [7, 11) is -2.81. The second-order valence-corrected chi connectivity index (χ2v) is 6.49. The van der Waals surface area contributed by atoms with Gasteiger partial charge in [0.25, 0.3) is 0 Å². The van der Waals surface area contributed by atoms with E-state index in [1.165, 1.54) is 6.20 Å². The number of rotatable bonds is 3. The van der Waals surface area contributed by atoms with E-state index in [1.54, 1.807) is 6.20 Å². The first-order valence-electron chi connectivity index (χ1n) is 4.97. The molecule has 16 heavy (non-hydrogen) atoms. The van der Waals surface area contributed by atoms with Gasteiger partial charge in [0, 0.05) is 6.54 Å². The number of nitrogens with zero attached hydrogens (tertiary/aromatic N) is 2. The average Bonchev–Trinajstić information content (AvgIpc) is 2.56. The number of aromatic nitrogens is 2. The quantitative estimate of drug-likeness (QED) is 0.878. The van der Waals surface area contributed by atoms with Crippen LogP contribution in [0.2, 0.25) is 5.15 Å². The Labute approximate surface area is 99.2 Å². The van der Waals surface area contributed by atoms with Crippen LogP contribution in [0, 0.1) is 5.92 Å². The molecule has 1 unspecified atom stereocenters. The van der Waals surface area contributed by atoms with Gasteiger partial charge < -0.3 is 5.32 Å². The molecule has 0 aromatic carbocycles. The van der Waals surface area contributed by atoms with E-state index in [0.29, 0.717) is 29.7 Å². The Balaban J connectivity index is 1.89. The summed E-state index contributed by atoms with van der Waals surface area (Å²) in [5.41, 5.74) is 0. The fourth-order valence-electron chi connectivity index (χ4n) is 1.71. The zero-order valence-corrected chi connectivity index (χ0v) is 10.1. The van der Waals surface area contributed by atoms with E-state index in [4.69, 9.17) is 11.6 Å². The van der Waals surface area contributed by atoms with Crippen molar-refractivity contribution in [1.29, 1.82) is 0 Å². The van der Waals surface area contributed by atoms with Crippen LogP contribution in [-0.2, 0) is 9.84 Å². The predicted molar refractivity (Wildman–Crippen MR) is 62.3 cm³/mol. The van der Waals surface area contributed by atoms with Gasteiger partial charge in [-0.3, -0.25) is 4.98 Å². The van der Waals surface area contributed by atoms with Gasteiger partial charge in [0.15, 0.2) is 9.84 Å². The van der Waals surface area contributed by atoms with Crippen molar-refractivity contribution in [2.24, 2.45) is 5.92 Å². The van der Waals surface area contributed by atoms with Gasteiger partial charge >= 0.3 is 0 Å². The van der Waals surface area contributed by atoms with E-state index < -0.39 is 9.84 Å². The van der Waals surface area contributed by atoms with E-state index in [1.807, 2.05) is 0 Å². The fourth-order valence-corrected chi connectivity index (χ4v) is 3.72. The normalized spacial score (nSPS) is 23.2. The van der Waals surface area contributed by atoms with Gasteiger partial charge in [-0.1, -0.05) is 11.6 Å². The van der Waals surface area contributed by atoms with Crippen LogP contribution in [0.25, 0.3) is 0 Å². The lowest BCUT2D eigenvalue weighted by Gasteiger charge is -2.09. The van der Waals surface area contributed by atoms with E-state index in [0.717, 1.165) is 0 Å². The Morgan fingerprint density at radius 3 is 2.94 bits per heavy atom. The Hall–Kier alpha value is -0.880.